The molecule has 1 rings (SSSR count). The molecule has 4 nitrogen and oxygen atoms in total. The summed E-state index contributed by atoms with van der Waals surface area (Å²) in [6, 6.07) is 5.43. The quantitative estimate of drug-likeness (QED) is 0.762. The molecule has 1 aromatic rings. The number of rotatable bonds is 6. The number of nitrogens with one attached hydrogen (secondary N) is 1. The molecular formula is C12H16FNO3. The Morgan fingerprint density at radius 2 is 2.35 bits per heavy atom. The first-order valence-electron chi connectivity index (χ1n) is 5.29. The maximum Gasteiger partial charge on any atom is 0.224 e. The minimum absolute atomic E-state index is 0.0813. The molecule has 0 aliphatic rings. The van der Waals surface area contributed by atoms with Crippen LogP contribution in [0, 0.1) is 5.82 Å². The molecule has 1 unspecified atom stereocenters. The van der Waals surface area contributed by atoms with Crippen LogP contribution in [0.2, 0.25) is 0 Å². The molecule has 0 bridgehead atoms. The van der Waals surface area contributed by atoms with Gasteiger partial charge in [0.1, 0.15) is 5.82 Å². The van der Waals surface area contributed by atoms with E-state index < -0.39 is 6.04 Å². The highest BCUT2D eigenvalue weighted by atomic mass is 19.1. The number of amides is 1. The molecule has 0 aromatic heterocycles. The fourth-order valence-electron chi connectivity index (χ4n) is 1.45. The van der Waals surface area contributed by atoms with E-state index >= 15 is 0 Å². The normalized spacial score (nSPS) is 12.2. The Morgan fingerprint density at radius 1 is 1.59 bits per heavy atom. The molecule has 5 heteroatoms. The topological polar surface area (TPSA) is 58.6 Å². The molecule has 0 aliphatic carbocycles. The van der Waals surface area contributed by atoms with Crippen molar-refractivity contribution in [3.8, 4) is 0 Å². The van der Waals surface area contributed by atoms with Gasteiger partial charge in [-0.3, -0.25) is 4.79 Å². The Labute approximate surface area is 99.4 Å². The number of carbonyl (C=O) groups is 1. The number of hydrogen-bond donors (Lipinski definition) is 2. The van der Waals surface area contributed by atoms with E-state index in [4.69, 9.17) is 9.84 Å². The second-order valence-electron chi connectivity index (χ2n) is 3.71. The third-order valence-corrected chi connectivity index (χ3v) is 2.21. The third-order valence-electron chi connectivity index (χ3n) is 2.21. The lowest BCUT2D eigenvalue weighted by Gasteiger charge is -2.15. The maximum atomic E-state index is 12.9. The molecule has 0 fully saturated rings. The Morgan fingerprint density at radius 3 is 2.94 bits per heavy atom. The van der Waals surface area contributed by atoms with Crippen LogP contribution in [0.3, 0.4) is 0 Å². The van der Waals surface area contributed by atoms with Crippen molar-refractivity contribution in [3.05, 3.63) is 35.6 Å². The minimum Gasteiger partial charge on any atom is -0.394 e. The van der Waals surface area contributed by atoms with Crippen LogP contribution in [-0.2, 0) is 16.0 Å². The molecule has 1 amide bonds. The third kappa shape index (κ3) is 4.93. The predicted octanol–water partition coefficient (Wildman–Crippen LogP) is 0.492. The van der Waals surface area contributed by atoms with E-state index in [9.17, 15) is 9.18 Å². The van der Waals surface area contributed by atoms with Crippen molar-refractivity contribution in [2.75, 3.05) is 20.3 Å². The standard InChI is InChI=1S/C12H16FNO3/c1-17-8-11(7-15)14-12(16)6-9-3-2-4-10(13)5-9/h2-5,11,15H,6-8H2,1H3,(H,14,16). The van der Waals surface area contributed by atoms with Crippen molar-refractivity contribution in [2.45, 2.75) is 12.5 Å². The summed E-state index contributed by atoms with van der Waals surface area (Å²) in [6.07, 6.45) is 0.0813. The van der Waals surface area contributed by atoms with Gasteiger partial charge in [-0.15, -0.1) is 0 Å². The van der Waals surface area contributed by atoms with Crippen LogP contribution >= 0.6 is 0 Å². The fraction of sp³-hybridized carbons (Fsp3) is 0.417. The molecule has 0 saturated carbocycles. The maximum absolute atomic E-state index is 12.9. The van der Waals surface area contributed by atoms with Crippen LogP contribution in [0.15, 0.2) is 24.3 Å². The summed E-state index contributed by atoms with van der Waals surface area (Å²) >= 11 is 0. The first kappa shape index (κ1) is 13.6. The second kappa shape index (κ2) is 6.98. The van der Waals surface area contributed by atoms with Gasteiger partial charge in [-0.25, -0.2) is 4.39 Å². The fourth-order valence-corrected chi connectivity index (χ4v) is 1.45. The molecule has 2 N–H and O–H groups in total. The van der Waals surface area contributed by atoms with E-state index in [1.54, 1.807) is 12.1 Å². The van der Waals surface area contributed by atoms with E-state index in [0.29, 0.717) is 5.56 Å². The van der Waals surface area contributed by atoms with E-state index in [-0.39, 0.29) is 31.4 Å². The molecule has 0 heterocycles. The van der Waals surface area contributed by atoms with E-state index in [1.165, 1.54) is 19.2 Å². The smallest absolute Gasteiger partial charge is 0.224 e. The van der Waals surface area contributed by atoms with Gasteiger partial charge in [0.25, 0.3) is 0 Å². The lowest BCUT2D eigenvalue weighted by molar-refractivity contribution is -0.121. The van der Waals surface area contributed by atoms with Gasteiger partial charge >= 0.3 is 0 Å². The lowest BCUT2D eigenvalue weighted by atomic mass is 10.1. The molecule has 0 aliphatic heterocycles. The second-order valence-corrected chi connectivity index (χ2v) is 3.71. The zero-order valence-corrected chi connectivity index (χ0v) is 9.65. The summed E-state index contributed by atoms with van der Waals surface area (Å²) in [4.78, 5) is 11.6. The molecule has 0 saturated heterocycles. The first-order chi connectivity index (χ1) is 8.15. The summed E-state index contributed by atoms with van der Waals surface area (Å²) < 4.78 is 17.7. The number of aliphatic hydroxyl groups is 1. The molecule has 17 heavy (non-hydrogen) atoms. The number of benzene rings is 1. The van der Waals surface area contributed by atoms with Crippen molar-refractivity contribution >= 4 is 5.91 Å². The Bertz CT molecular complexity index is 371. The van der Waals surface area contributed by atoms with Crippen LogP contribution < -0.4 is 5.32 Å². The average Bonchev–Trinajstić information content (AvgIpc) is 2.28. The van der Waals surface area contributed by atoms with E-state index in [2.05, 4.69) is 5.32 Å². The highest BCUT2D eigenvalue weighted by molar-refractivity contribution is 5.78. The Kier molecular flexibility index (Phi) is 5.59. The first-order valence-corrected chi connectivity index (χ1v) is 5.29. The summed E-state index contributed by atoms with van der Waals surface area (Å²) in [5, 5.41) is 11.6. The summed E-state index contributed by atoms with van der Waals surface area (Å²) in [7, 11) is 1.49. The lowest BCUT2D eigenvalue weighted by Crippen LogP contribution is -2.41. The molecule has 0 radical (unpaired) electrons. The minimum atomic E-state index is -0.430. The van der Waals surface area contributed by atoms with Crippen molar-refractivity contribution in [2.24, 2.45) is 0 Å². The zero-order valence-electron chi connectivity index (χ0n) is 9.65. The van der Waals surface area contributed by atoms with Crippen molar-refractivity contribution < 1.29 is 19.0 Å². The van der Waals surface area contributed by atoms with Crippen LogP contribution in [0.4, 0.5) is 4.39 Å². The highest BCUT2D eigenvalue weighted by Gasteiger charge is 2.11. The predicted molar refractivity (Wildman–Crippen MR) is 61.0 cm³/mol. The molecule has 1 atom stereocenters. The van der Waals surface area contributed by atoms with Crippen molar-refractivity contribution in [1.29, 1.82) is 0 Å². The van der Waals surface area contributed by atoms with Gasteiger partial charge in [-0.2, -0.15) is 0 Å². The van der Waals surface area contributed by atoms with Crippen LogP contribution in [0.25, 0.3) is 0 Å². The van der Waals surface area contributed by atoms with Crippen LogP contribution in [0.1, 0.15) is 5.56 Å². The zero-order chi connectivity index (χ0) is 12.7. The largest absolute Gasteiger partial charge is 0.394 e. The van der Waals surface area contributed by atoms with Gasteiger partial charge in [0.15, 0.2) is 0 Å². The Balaban J connectivity index is 2.49. The summed E-state index contributed by atoms with van der Waals surface area (Å²) in [5.74, 6) is -0.641. The van der Waals surface area contributed by atoms with Crippen molar-refractivity contribution in [3.63, 3.8) is 0 Å². The summed E-state index contributed by atoms with van der Waals surface area (Å²) in [5.41, 5.74) is 0.594. The van der Waals surface area contributed by atoms with Gasteiger partial charge in [0.05, 0.1) is 25.7 Å². The van der Waals surface area contributed by atoms with Gasteiger partial charge in [0, 0.05) is 7.11 Å². The van der Waals surface area contributed by atoms with Gasteiger partial charge < -0.3 is 15.2 Å². The monoisotopic (exact) mass is 241 g/mol. The molecule has 94 valence electrons. The van der Waals surface area contributed by atoms with Crippen LogP contribution in [-0.4, -0.2) is 37.4 Å². The van der Waals surface area contributed by atoms with Crippen molar-refractivity contribution in [1.82, 2.24) is 5.32 Å². The van der Waals surface area contributed by atoms with E-state index in [0.717, 1.165) is 0 Å². The van der Waals surface area contributed by atoms with E-state index in [1.807, 2.05) is 0 Å². The number of hydrogen-bond acceptors (Lipinski definition) is 3. The molecule has 0 spiro atoms. The average molecular weight is 241 g/mol. The number of ether oxygens (including phenoxy) is 1. The number of aliphatic hydroxyl groups excluding tert-OH is 1. The van der Waals surface area contributed by atoms with Crippen LogP contribution in [0.5, 0.6) is 0 Å². The van der Waals surface area contributed by atoms with Gasteiger partial charge in [-0.1, -0.05) is 12.1 Å². The summed E-state index contributed by atoms with van der Waals surface area (Å²) in [6.45, 7) is 0.0497. The number of carbonyl (C=O) groups excluding carboxylic acids is 1. The molecule has 1 aromatic carbocycles. The SMILES string of the molecule is COCC(CO)NC(=O)Cc1cccc(F)c1. The number of halogens is 1. The van der Waals surface area contributed by atoms with Gasteiger partial charge in [0.2, 0.25) is 5.91 Å². The molecular weight excluding hydrogens is 225 g/mol. The number of methoxy groups -OCH3 is 1. The Hall–Kier alpha value is -1.46. The van der Waals surface area contributed by atoms with Gasteiger partial charge in [-0.05, 0) is 17.7 Å². The highest BCUT2D eigenvalue weighted by Crippen LogP contribution is 2.04.